The van der Waals surface area contributed by atoms with Crippen LogP contribution in [0, 0.1) is 0 Å². The van der Waals surface area contributed by atoms with E-state index in [9.17, 15) is 5.11 Å². The summed E-state index contributed by atoms with van der Waals surface area (Å²) < 4.78 is 22.8. The number of furan rings is 1. The second-order valence-corrected chi connectivity index (χ2v) is 6.82. The molecule has 0 saturated heterocycles. The van der Waals surface area contributed by atoms with E-state index in [0.717, 1.165) is 16.5 Å². The molecule has 9 nitrogen and oxygen atoms in total. The van der Waals surface area contributed by atoms with E-state index in [0.29, 0.717) is 40.8 Å². The number of phenolic OH excluding ortho intramolecular Hbond substituents is 1. The summed E-state index contributed by atoms with van der Waals surface area (Å²) in [7, 11) is 3.11. The van der Waals surface area contributed by atoms with Gasteiger partial charge in [0.15, 0.2) is 11.3 Å². The quantitative estimate of drug-likeness (QED) is 0.409. The summed E-state index contributed by atoms with van der Waals surface area (Å²) in [6.45, 7) is 0.192. The Labute approximate surface area is 178 Å². The average molecular weight is 422 g/mol. The van der Waals surface area contributed by atoms with Gasteiger partial charge >= 0.3 is 0 Å². The number of rotatable bonds is 7. The molecule has 2 heterocycles. The molecule has 4 aromatic rings. The van der Waals surface area contributed by atoms with Gasteiger partial charge in [-0.05, 0) is 42.0 Å². The minimum Gasteiger partial charge on any atom is -0.508 e. The molecular formula is C22H22N4O5. The van der Waals surface area contributed by atoms with Crippen molar-refractivity contribution < 1.29 is 23.7 Å². The highest BCUT2D eigenvalue weighted by Crippen LogP contribution is 2.40. The van der Waals surface area contributed by atoms with Gasteiger partial charge in [-0.25, -0.2) is 4.98 Å². The Balaban J connectivity index is 1.72. The van der Waals surface area contributed by atoms with Crippen molar-refractivity contribution in [2.75, 3.05) is 25.7 Å². The summed E-state index contributed by atoms with van der Waals surface area (Å²) in [6.07, 6.45) is 2.05. The van der Waals surface area contributed by atoms with Crippen LogP contribution in [0.15, 0.2) is 47.0 Å². The van der Waals surface area contributed by atoms with Crippen molar-refractivity contribution in [2.45, 2.75) is 13.0 Å². The Morgan fingerprint density at radius 2 is 1.81 bits per heavy atom. The number of hydrogen-bond donors (Lipinski definition) is 3. The summed E-state index contributed by atoms with van der Waals surface area (Å²) in [6, 6.07) is 10.2. The Hall–Kier alpha value is -4.14. The minimum absolute atomic E-state index is 0.121. The number of benzene rings is 2. The van der Waals surface area contributed by atoms with E-state index in [-0.39, 0.29) is 18.3 Å². The Kier molecular flexibility index (Phi) is 5.40. The zero-order valence-electron chi connectivity index (χ0n) is 17.1. The zero-order valence-corrected chi connectivity index (χ0v) is 17.1. The van der Waals surface area contributed by atoms with Gasteiger partial charge in [0.05, 0.1) is 14.2 Å². The van der Waals surface area contributed by atoms with Crippen LogP contribution in [-0.2, 0) is 13.0 Å². The number of nitrogens with zero attached hydrogens (tertiary/aromatic N) is 2. The van der Waals surface area contributed by atoms with Gasteiger partial charge in [0.25, 0.3) is 0 Å². The molecule has 0 aliphatic rings. The van der Waals surface area contributed by atoms with Crippen LogP contribution in [0.3, 0.4) is 0 Å². The molecule has 0 fully saturated rings. The molecule has 0 aliphatic carbocycles. The highest BCUT2D eigenvalue weighted by atomic mass is 16.5. The molecule has 31 heavy (non-hydrogen) atoms. The van der Waals surface area contributed by atoms with Crippen molar-refractivity contribution in [3.05, 3.63) is 59.5 Å². The highest BCUT2D eigenvalue weighted by molar-refractivity contribution is 5.90. The molecule has 0 bridgehead atoms. The van der Waals surface area contributed by atoms with Gasteiger partial charge in [-0.2, -0.15) is 4.98 Å². The maximum Gasteiger partial charge on any atom is 0.221 e. The van der Waals surface area contributed by atoms with Gasteiger partial charge in [0.1, 0.15) is 29.7 Å². The van der Waals surface area contributed by atoms with Crippen molar-refractivity contribution >= 4 is 22.7 Å². The largest absolute Gasteiger partial charge is 0.508 e. The van der Waals surface area contributed by atoms with E-state index in [1.165, 1.54) is 0 Å². The topological polar surface area (TPSA) is 139 Å². The van der Waals surface area contributed by atoms with E-state index in [4.69, 9.17) is 30.1 Å². The number of nitrogen functional groups attached to an aromatic ring is 2. The van der Waals surface area contributed by atoms with Crippen LogP contribution in [0.2, 0.25) is 0 Å². The lowest BCUT2D eigenvalue weighted by Gasteiger charge is -2.12. The number of nitrogens with two attached hydrogens (primary N) is 2. The lowest BCUT2D eigenvalue weighted by molar-refractivity contribution is 0.272. The summed E-state index contributed by atoms with van der Waals surface area (Å²) in [5, 5.41) is 10.2. The smallest absolute Gasteiger partial charge is 0.221 e. The number of phenols is 1. The van der Waals surface area contributed by atoms with E-state index < -0.39 is 0 Å². The van der Waals surface area contributed by atoms with Gasteiger partial charge in [-0.15, -0.1) is 0 Å². The van der Waals surface area contributed by atoms with E-state index in [2.05, 4.69) is 9.97 Å². The Morgan fingerprint density at radius 3 is 2.48 bits per heavy atom. The molecule has 2 aromatic carbocycles. The summed E-state index contributed by atoms with van der Waals surface area (Å²) in [5.41, 5.74) is 13.8. The van der Waals surface area contributed by atoms with Crippen molar-refractivity contribution in [3.8, 4) is 23.0 Å². The third kappa shape index (κ3) is 4.11. The van der Waals surface area contributed by atoms with Crippen LogP contribution in [0.25, 0.3) is 11.0 Å². The predicted octanol–water partition coefficient (Wildman–Crippen LogP) is 3.28. The Morgan fingerprint density at radius 1 is 1.03 bits per heavy atom. The fourth-order valence-corrected chi connectivity index (χ4v) is 3.30. The Bertz CT molecular complexity index is 1220. The molecule has 9 heteroatoms. The molecular weight excluding hydrogens is 400 g/mol. The first-order valence-corrected chi connectivity index (χ1v) is 9.43. The standard InChI is InChI=1S/C22H22N4O5/c1-28-18-8-12(7-13-10-25-22(24)26-21(13)23)17-9-16(31-19(17)20(18)29-2)11-30-15-5-3-14(27)4-6-15/h3-6,8-10,27H,7,11H2,1-2H3,(H4,23,24,25,26). The molecule has 0 spiro atoms. The van der Waals surface area contributed by atoms with Crippen LogP contribution >= 0.6 is 0 Å². The first-order chi connectivity index (χ1) is 15.0. The third-order valence-corrected chi connectivity index (χ3v) is 4.80. The van der Waals surface area contributed by atoms with Gasteiger partial charge in [0, 0.05) is 23.6 Å². The number of methoxy groups -OCH3 is 2. The molecule has 0 amide bonds. The number of anilines is 2. The monoisotopic (exact) mass is 422 g/mol. The predicted molar refractivity (Wildman–Crippen MR) is 115 cm³/mol. The number of ether oxygens (including phenoxy) is 3. The first-order valence-electron chi connectivity index (χ1n) is 9.43. The van der Waals surface area contributed by atoms with Crippen LogP contribution in [0.5, 0.6) is 23.0 Å². The maximum atomic E-state index is 9.41. The van der Waals surface area contributed by atoms with Crippen LogP contribution in [0.1, 0.15) is 16.9 Å². The molecule has 0 saturated carbocycles. The number of hydrogen-bond acceptors (Lipinski definition) is 9. The maximum absolute atomic E-state index is 9.41. The van der Waals surface area contributed by atoms with Gasteiger partial charge in [-0.1, -0.05) is 0 Å². The normalized spacial score (nSPS) is 10.9. The summed E-state index contributed by atoms with van der Waals surface area (Å²) >= 11 is 0. The van der Waals surface area contributed by atoms with Crippen molar-refractivity contribution in [1.82, 2.24) is 9.97 Å². The molecule has 2 aromatic heterocycles. The third-order valence-electron chi connectivity index (χ3n) is 4.80. The minimum atomic E-state index is 0.121. The van der Waals surface area contributed by atoms with Gasteiger partial charge in [-0.3, -0.25) is 0 Å². The highest BCUT2D eigenvalue weighted by Gasteiger charge is 2.20. The van der Waals surface area contributed by atoms with Crippen molar-refractivity contribution in [2.24, 2.45) is 0 Å². The first kappa shape index (κ1) is 20.1. The SMILES string of the molecule is COc1cc(Cc2cnc(N)nc2N)c2cc(COc3ccc(O)cc3)oc2c1OC. The molecule has 0 radical (unpaired) electrons. The van der Waals surface area contributed by atoms with E-state index in [1.807, 2.05) is 12.1 Å². The van der Waals surface area contributed by atoms with Crippen LogP contribution in [0.4, 0.5) is 11.8 Å². The molecule has 160 valence electrons. The number of fused-ring (bicyclic) bond motifs is 1. The molecule has 0 atom stereocenters. The lowest BCUT2D eigenvalue weighted by atomic mass is 10.0. The van der Waals surface area contributed by atoms with Gasteiger partial charge < -0.3 is 35.2 Å². The molecule has 0 unspecified atom stereocenters. The molecule has 0 aliphatic heterocycles. The van der Waals surface area contributed by atoms with Crippen LogP contribution < -0.4 is 25.7 Å². The van der Waals surface area contributed by atoms with Crippen molar-refractivity contribution in [1.29, 1.82) is 0 Å². The molecule has 5 N–H and O–H groups in total. The van der Waals surface area contributed by atoms with Crippen molar-refractivity contribution in [3.63, 3.8) is 0 Å². The van der Waals surface area contributed by atoms with Gasteiger partial charge in [0.2, 0.25) is 11.7 Å². The number of aromatic hydroxyl groups is 1. The second kappa shape index (κ2) is 8.31. The molecule has 4 rings (SSSR count). The van der Waals surface area contributed by atoms with Crippen LogP contribution in [-0.4, -0.2) is 29.3 Å². The summed E-state index contributed by atoms with van der Waals surface area (Å²) in [4.78, 5) is 8.06. The van der Waals surface area contributed by atoms with E-state index in [1.54, 1.807) is 44.7 Å². The fraction of sp³-hybridized carbons (Fsp3) is 0.182. The summed E-state index contributed by atoms with van der Waals surface area (Å²) in [5.74, 6) is 2.82. The van der Waals surface area contributed by atoms with E-state index >= 15 is 0 Å². The lowest BCUT2D eigenvalue weighted by Crippen LogP contribution is -2.04. The fourth-order valence-electron chi connectivity index (χ4n) is 3.30. The average Bonchev–Trinajstić information content (AvgIpc) is 3.19. The zero-order chi connectivity index (χ0) is 22.0. The number of aromatic nitrogens is 2. The second-order valence-electron chi connectivity index (χ2n) is 6.82.